The number of benzene rings is 6. The summed E-state index contributed by atoms with van der Waals surface area (Å²) < 4.78 is 0. The Labute approximate surface area is 464 Å². The third-order valence-electron chi connectivity index (χ3n) is 14.6. The van der Waals surface area contributed by atoms with Crippen LogP contribution in [0.2, 0.25) is 20.1 Å². The van der Waals surface area contributed by atoms with Gasteiger partial charge >= 0.3 is 0 Å². The van der Waals surface area contributed by atoms with E-state index in [1.165, 1.54) is 0 Å². The van der Waals surface area contributed by atoms with Crippen molar-refractivity contribution in [2.24, 2.45) is 20.0 Å². The average Bonchev–Trinajstić information content (AvgIpc) is 3.40. The number of rotatable bonds is 6. The fourth-order valence-electron chi connectivity index (χ4n) is 10.5. The molecule has 9 rings (SSSR count). The van der Waals surface area contributed by atoms with Gasteiger partial charge in [-0.25, -0.2) is 0 Å². The molecule has 2 fully saturated rings. The van der Waals surface area contributed by atoms with Crippen molar-refractivity contribution < 1.29 is 30.6 Å². The van der Waals surface area contributed by atoms with E-state index in [2.05, 4.69) is 9.80 Å². The maximum Gasteiger partial charge on any atom is 0.128 e. The van der Waals surface area contributed by atoms with Crippen LogP contribution >= 0.6 is 46.4 Å². The van der Waals surface area contributed by atoms with E-state index in [4.69, 9.17) is 66.4 Å². The van der Waals surface area contributed by atoms with Gasteiger partial charge in [0, 0.05) is 129 Å². The highest BCUT2D eigenvalue weighted by atomic mass is 35.5. The van der Waals surface area contributed by atoms with Crippen molar-refractivity contribution in [1.29, 1.82) is 0 Å². The molecule has 2 aliphatic carbocycles. The van der Waals surface area contributed by atoms with Crippen molar-refractivity contribution in [3.05, 3.63) is 173 Å². The van der Waals surface area contributed by atoms with Gasteiger partial charge in [0.05, 0.1) is 24.2 Å². The Morgan fingerprint density at radius 3 is 0.868 bits per heavy atom. The van der Waals surface area contributed by atoms with Crippen LogP contribution in [0.1, 0.15) is 107 Å². The van der Waals surface area contributed by atoms with Gasteiger partial charge in [-0.3, -0.25) is 29.8 Å². The molecule has 0 spiro atoms. The highest BCUT2D eigenvalue weighted by molar-refractivity contribution is 6.32. The zero-order valence-electron chi connectivity index (χ0n) is 42.0. The van der Waals surface area contributed by atoms with Crippen LogP contribution in [0.4, 0.5) is 0 Å². The monoisotopic (exact) mass is 1100 g/mol. The van der Waals surface area contributed by atoms with Gasteiger partial charge in [0.25, 0.3) is 0 Å². The number of aliphatic imine (C=N–C) groups is 4. The lowest BCUT2D eigenvalue weighted by molar-refractivity contribution is 0.253. The molecule has 0 radical (unpaired) electrons. The van der Waals surface area contributed by atoms with E-state index in [1.54, 1.807) is 97.7 Å². The molecule has 0 aromatic heterocycles. The van der Waals surface area contributed by atoms with Crippen molar-refractivity contribution in [2.45, 2.75) is 115 Å². The highest BCUT2D eigenvalue weighted by Crippen LogP contribution is 2.35. The molecule has 1 aliphatic heterocycles. The minimum Gasteiger partial charge on any atom is -0.508 e. The van der Waals surface area contributed by atoms with Gasteiger partial charge in [-0.15, -0.1) is 0 Å². The number of halogens is 4. The van der Waals surface area contributed by atoms with E-state index in [-0.39, 0.29) is 84.8 Å². The standard InChI is InChI=1S/C60H62Cl4N6O6/c61-47-21-39-29-65-53-5-1-2-6-54(53)66-30-40-22-48(62)26-44(58(40)74)34-70(20-18-38-11-15-52(72)16-12-38)36-46-28-50(64)24-42(60(46)76)32-68-56-8-4-3-7-55(56)67-31-41-23-49(63)27-45(59(41)75)35-69(33-43(25-47)57(39)73)19-17-37-9-13-51(71)14-10-37/h9-16,21-32,53-56,71-76H,1-8,17-20,33-36H2/t53-,54-,55-,56-/m0/s1. The van der Waals surface area contributed by atoms with Crippen molar-refractivity contribution in [3.63, 3.8) is 0 Å². The van der Waals surface area contributed by atoms with Gasteiger partial charge in [0.2, 0.25) is 0 Å². The molecule has 6 N–H and O–H groups in total. The van der Waals surface area contributed by atoms with E-state index in [0.29, 0.717) is 90.5 Å². The molecule has 0 saturated heterocycles. The predicted molar refractivity (Wildman–Crippen MR) is 307 cm³/mol. The van der Waals surface area contributed by atoms with E-state index in [1.807, 2.05) is 24.3 Å². The van der Waals surface area contributed by atoms with Crippen molar-refractivity contribution in [3.8, 4) is 34.5 Å². The Morgan fingerprint density at radius 1 is 0.368 bits per heavy atom. The molecule has 6 aromatic carbocycles. The largest absolute Gasteiger partial charge is 0.508 e. The van der Waals surface area contributed by atoms with Gasteiger partial charge in [0.15, 0.2) is 0 Å². The van der Waals surface area contributed by atoms with E-state index < -0.39 is 0 Å². The van der Waals surface area contributed by atoms with Crippen LogP contribution in [0.25, 0.3) is 0 Å². The Morgan fingerprint density at radius 2 is 0.618 bits per heavy atom. The van der Waals surface area contributed by atoms with Gasteiger partial charge in [-0.2, -0.15) is 0 Å². The Bertz CT molecular complexity index is 2770. The van der Waals surface area contributed by atoms with Gasteiger partial charge in [0.1, 0.15) is 34.5 Å². The number of hydrogen-bond donors (Lipinski definition) is 6. The summed E-state index contributed by atoms with van der Waals surface area (Å²) in [5, 5.41) is 69.4. The second-order valence-electron chi connectivity index (χ2n) is 20.2. The van der Waals surface area contributed by atoms with Gasteiger partial charge < -0.3 is 30.6 Å². The highest BCUT2D eigenvalue weighted by Gasteiger charge is 2.27. The molecule has 12 nitrogen and oxygen atoms in total. The Hall–Kier alpha value is -6.12. The van der Waals surface area contributed by atoms with E-state index >= 15 is 0 Å². The number of hydrogen-bond acceptors (Lipinski definition) is 12. The molecule has 3 aliphatic rings. The average molecular weight is 1110 g/mol. The number of nitrogens with zero attached hydrogens (tertiary/aromatic N) is 6. The first-order valence-electron chi connectivity index (χ1n) is 25.9. The van der Waals surface area contributed by atoms with Crippen molar-refractivity contribution in [2.75, 3.05) is 13.1 Å². The maximum atomic E-state index is 11.9. The summed E-state index contributed by atoms with van der Waals surface area (Å²) in [7, 11) is 0. The molecule has 16 heteroatoms. The topological polar surface area (TPSA) is 177 Å². The first kappa shape index (κ1) is 54.7. The summed E-state index contributed by atoms with van der Waals surface area (Å²) in [5.41, 5.74) is 6.08. The molecule has 6 aromatic rings. The minimum absolute atomic E-state index is 0.0326. The van der Waals surface area contributed by atoms with Crippen LogP contribution < -0.4 is 0 Å². The molecular formula is C60H62Cl4N6O6. The summed E-state index contributed by atoms with van der Waals surface area (Å²) in [6.45, 7) is 2.03. The smallest absolute Gasteiger partial charge is 0.128 e. The van der Waals surface area contributed by atoms with E-state index in [0.717, 1.165) is 62.5 Å². The lowest BCUT2D eigenvalue weighted by Gasteiger charge is -2.26. The quantitative estimate of drug-likeness (QED) is 0.0954. The molecule has 0 amide bonds. The second-order valence-corrected chi connectivity index (χ2v) is 22.0. The molecule has 4 atom stereocenters. The van der Waals surface area contributed by atoms with E-state index in [9.17, 15) is 30.6 Å². The van der Waals surface area contributed by atoms with Crippen LogP contribution in [0.5, 0.6) is 34.5 Å². The lowest BCUT2D eigenvalue weighted by Crippen LogP contribution is -2.27. The molecular weight excluding hydrogens is 1040 g/mol. The SMILES string of the molecule is Oc1ccc(CCN2Cc3cc(Cl)cc(c3O)C=N[C@H]3CCCC[C@@H]3N=Cc3cc(Cl)cc(c3O)CN(CCc3ccc(O)cc3)Cc3cc(Cl)cc(c3O)C=N[C@H]3CCCC[C@@H]3N=Cc3cc(Cl)cc(c3O)C2)cc1. The molecule has 1 heterocycles. The summed E-state index contributed by atoms with van der Waals surface area (Å²) in [4.78, 5) is 24.3. The number of phenols is 6. The summed E-state index contributed by atoms with van der Waals surface area (Å²) in [6, 6.07) is 26.9. The van der Waals surface area contributed by atoms with Gasteiger partial charge in [-0.05, 0) is 122 Å². The van der Waals surface area contributed by atoms with Crippen LogP contribution in [0.15, 0.2) is 117 Å². The maximum absolute atomic E-state index is 11.9. The van der Waals surface area contributed by atoms with Crippen molar-refractivity contribution >= 4 is 71.3 Å². The first-order chi connectivity index (χ1) is 36.7. The number of fused-ring (bicyclic) bond motifs is 10. The van der Waals surface area contributed by atoms with Crippen LogP contribution in [0, 0.1) is 0 Å². The lowest BCUT2D eigenvalue weighted by atomic mass is 9.91. The fraction of sp³-hybridized carbons (Fsp3) is 0.333. The second kappa shape index (κ2) is 25.4. The number of aromatic hydroxyl groups is 6. The summed E-state index contributed by atoms with van der Waals surface area (Å²) in [5.74, 6) is 0.473. The van der Waals surface area contributed by atoms with Crippen molar-refractivity contribution in [1.82, 2.24) is 9.80 Å². The number of phenolic OH excluding ortho intramolecular Hbond substituents is 6. The molecule has 0 unspecified atom stereocenters. The predicted octanol–water partition coefficient (Wildman–Crippen LogP) is 13.0. The Kier molecular flexibility index (Phi) is 18.2. The van der Waals surface area contributed by atoms with Crippen LogP contribution in [0.3, 0.4) is 0 Å². The van der Waals surface area contributed by atoms with Crippen LogP contribution in [-0.2, 0) is 39.0 Å². The fourth-order valence-corrected chi connectivity index (χ4v) is 11.5. The third-order valence-corrected chi connectivity index (χ3v) is 15.5. The zero-order chi connectivity index (χ0) is 53.3. The minimum atomic E-state index is -0.224. The van der Waals surface area contributed by atoms with Gasteiger partial charge in [-0.1, -0.05) is 96.4 Å². The summed E-state index contributed by atoms with van der Waals surface area (Å²) >= 11 is 27.2. The third kappa shape index (κ3) is 14.3. The molecule has 76 heavy (non-hydrogen) atoms. The van der Waals surface area contributed by atoms with Crippen LogP contribution in [-0.4, -0.2) is 103 Å². The normalized spacial score (nSPS) is 19.9. The summed E-state index contributed by atoms with van der Waals surface area (Å²) in [6.07, 6.45) is 14.7. The molecule has 8 bridgehead atoms. The first-order valence-corrected chi connectivity index (χ1v) is 27.4. The zero-order valence-corrected chi connectivity index (χ0v) is 45.1. The molecule has 396 valence electrons. The Balaban J connectivity index is 1.10. The molecule has 2 saturated carbocycles.